The average Bonchev–Trinajstić information content (AvgIpc) is 2.26. The molecule has 1 atom stereocenters. The number of carboxylic acid groups (broad SMARTS) is 1. The van der Waals surface area contributed by atoms with E-state index in [4.69, 9.17) is 24.1 Å². The van der Waals surface area contributed by atoms with Crippen LogP contribution in [0.5, 0.6) is 0 Å². The second-order valence-corrected chi connectivity index (χ2v) is 3.11. The molecule has 6 nitrogen and oxygen atoms in total. The Labute approximate surface area is 95.4 Å². The molecule has 0 aliphatic heterocycles. The number of ether oxygens (including phenoxy) is 4. The van der Waals surface area contributed by atoms with Gasteiger partial charge in [0.15, 0.2) is 6.10 Å². The first-order valence-electron chi connectivity index (χ1n) is 5.12. The normalized spacial score (nSPS) is 12.6. The van der Waals surface area contributed by atoms with Gasteiger partial charge in [-0.15, -0.1) is 0 Å². The van der Waals surface area contributed by atoms with Gasteiger partial charge in [-0.2, -0.15) is 0 Å². The van der Waals surface area contributed by atoms with Crippen LogP contribution in [0.15, 0.2) is 0 Å². The van der Waals surface area contributed by atoms with Gasteiger partial charge in [-0.25, -0.2) is 4.79 Å². The van der Waals surface area contributed by atoms with Crippen LogP contribution in [0.4, 0.5) is 0 Å². The fraction of sp³-hybridized carbons (Fsp3) is 0.900. The van der Waals surface area contributed by atoms with Gasteiger partial charge in [0, 0.05) is 20.8 Å². The van der Waals surface area contributed by atoms with E-state index < -0.39 is 12.1 Å². The van der Waals surface area contributed by atoms with E-state index in [1.54, 1.807) is 7.11 Å². The fourth-order valence-corrected chi connectivity index (χ4v) is 0.973. The molecule has 0 aliphatic carbocycles. The quantitative estimate of drug-likeness (QED) is 0.515. The van der Waals surface area contributed by atoms with Crippen LogP contribution in [-0.4, -0.2) is 64.4 Å². The van der Waals surface area contributed by atoms with Crippen molar-refractivity contribution in [1.82, 2.24) is 0 Å². The summed E-state index contributed by atoms with van der Waals surface area (Å²) in [5.74, 6) is -1.01. The van der Waals surface area contributed by atoms with Crippen molar-refractivity contribution in [2.45, 2.75) is 12.5 Å². The summed E-state index contributed by atoms with van der Waals surface area (Å²) < 4.78 is 19.8. The predicted octanol–water partition coefficient (Wildman–Crippen LogP) is 0.156. The Kier molecular flexibility index (Phi) is 10.3. The molecule has 0 aromatic heterocycles. The highest BCUT2D eigenvalue weighted by Crippen LogP contribution is 1.95. The molecule has 0 rings (SSSR count). The first-order chi connectivity index (χ1) is 7.72. The molecule has 0 radical (unpaired) electrons. The van der Waals surface area contributed by atoms with E-state index in [0.29, 0.717) is 32.8 Å². The Bertz CT molecular complexity index is 173. The molecule has 0 aliphatic rings. The highest BCUT2D eigenvalue weighted by Gasteiger charge is 2.16. The lowest BCUT2D eigenvalue weighted by Crippen LogP contribution is -2.29. The molecule has 1 N–H and O–H groups in total. The van der Waals surface area contributed by atoms with Crippen LogP contribution in [0, 0.1) is 0 Å². The van der Waals surface area contributed by atoms with Gasteiger partial charge in [-0.1, -0.05) is 0 Å². The van der Waals surface area contributed by atoms with Crippen molar-refractivity contribution in [2.75, 3.05) is 47.3 Å². The third-order valence-electron chi connectivity index (χ3n) is 1.78. The lowest BCUT2D eigenvalue weighted by Gasteiger charge is -2.12. The van der Waals surface area contributed by atoms with Gasteiger partial charge >= 0.3 is 5.97 Å². The van der Waals surface area contributed by atoms with Crippen LogP contribution in [0.1, 0.15) is 6.42 Å². The topological polar surface area (TPSA) is 74.2 Å². The molecule has 0 saturated carbocycles. The molecule has 6 heteroatoms. The molecule has 0 spiro atoms. The van der Waals surface area contributed by atoms with Gasteiger partial charge in [0.05, 0.1) is 26.4 Å². The average molecular weight is 236 g/mol. The van der Waals surface area contributed by atoms with Crippen LogP contribution in [0.25, 0.3) is 0 Å². The summed E-state index contributed by atoms with van der Waals surface area (Å²) in [4.78, 5) is 10.6. The van der Waals surface area contributed by atoms with Gasteiger partial charge in [0.1, 0.15) is 0 Å². The van der Waals surface area contributed by atoms with Crippen LogP contribution in [-0.2, 0) is 23.7 Å². The number of hydrogen-bond acceptors (Lipinski definition) is 5. The van der Waals surface area contributed by atoms with Crippen LogP contribution < -0.4 is 0 Å². The third kappa shape index (κ3) is 8.60. The first kappa shape index (κ1) is 15.3. The largest absolute Gasteiger partial charge is 0.479 e. The molecule has 0 saturated heterocycles. The lowest BCUT2D eigenvalue weighted by atomic mass is 10.4. The Hall–Kier alpha value is -0.690. The van der Waals surface area contributed by atoms with Gasteiger partial charge in [-0.05, 0) is 6.42 Å². The highest BCUT2D eigenvalue weighted by atomic mass is 16.5. The van der Waals surface area contributed by atoms with Crippen LogP contribution in [0.3, 0.4) is 0 Å². The van der Waals surface area contributed by atoms with Crippen LogP contribution in [0.2, 0.25) is 0 Å². The minimum Gasteiger partial charge on any atom is -0.479 e. The second-order valence-electron chi connectivity index (χ2n) is 3.11. The molecule has 0 aromatic carbocycles. The fourth-order valence-electron chi connectivity index (χ4n) is 0.973. The molecule has 0 amide bonds. The molecule has 0 bridgehead atoms. The molecule has 96 valence electrons. The summed E-state index contributed by atoms with van der Waals surface area (Å²) in [5.41, 5.74) is 0. The van der Waals surface area contributed by atoms with E-state index in [0.717, 1.165) is 0 Å². The van der Waals surface area contributed by atoms with Crippen molar-refractivity contribution in [3.8, 4) is 0 Å². The lowest BCUT2D eigenvalue weighted by molar-refractivity contribution is -0.154. The molecular weight excluding hydrogens is 216 g/mol. The zero-order chi connectivity index (χ0) is 12.2. The highest BCUT2D eigenvalue weighted by molar-refractivity contribution is 5.72. The molecule has 16 heavy (non-hydrogen) atoms. The van der Waals surface area contributed by atoms with Gasteiger partial charge in [0.2, 0.25) is 0 Å². The maximum atomic E-state index is 10.6. The maximum absolute atomic E-state index is 10.6. The predicted molar refractivity (Wildman–Crippen MR) is 56.6 cm³/mol. The number of methoxy groups -OCH3 is 2. The Morgan fingerprint density at radius 3 is 2.44 bits per heavy atom. The zero-order valence-corrected chi connectivity index (χ0v) is 9.81. The molecule has 0 fully saturated rings. The summed E-state index contributed by atoms with van der Waals surface area (Å²) >= 11 is 0. The van der Waals surface area contributed by atoms with Crippen molar-refractivity contribution in [3.05, 3.63) is 0 Å². The van der Waals surface area contributed by atoms with Crippen molar-refractivity contribution >= 4 is 5.97 Å². The first-order valence-corrected chi connectivity index (χ1v) is 5.12. The van der Waals surface area contributed by atoms with Crippen LogP contribution >= 0.6 is 0 Å². The molecule has 0 aromatic rings. The monoisotopic (exact) mass is 236 g/mol. The minimum atomic E-state index is -1.01. The van der Waals surface area contributed by atoms with Crippen molar-refractivity contribution in [2.24, 2.45) is 0 Å². The smallest absolute Gasteiger partial charge is 0.335 e. The zero-order valence-electron chi connectivity index (χ0n) is 9.81. The Balaban J connectivity index is 3.37. The third-order valence-corrected chi connectivity index (χ3v) is 1.78. The van der Waals surface area contributed by atoms with E-state index in [-0.39, 0.29) is 6.61 Å². The van der Waals surface area contributed by atoms with Gasteiger partial charge < -0.3 is 24.1 Å². The second kappa shape index (κ2) is 10.8. The summed E-state index contributed by atoms with van der Waals surface area (Å²) in [7, 11) is 3.04. The Morgan fingerprint density at radius 1 is 1.12 bits per heavy atom. The van der Waals surface area contributed by atoms with Gasteiger partial charge in [-0.3, -0.25) is 0 Å². The van der Waals surface area contributed by atoms with Crippen molar-refractivity contribution in [1.29, 1.82) is 0 Å². The Morgan fingerprint density at radius 2 is 1.88 bits per heavy atom. The summed E-state index contributed by atoms with van der Waals surface area (Å²) in [5, 5.41) is 8.72. The number of aliphatic carboxylic acids is 1. The molecular formula is C10H20O6. The summed E-state index contributed by atoms with van der Waals surface area (Å²) in [6.07, 6.45) is -0.249. The number of carbonyl (C=O) groups is 1. The molecule has 0 heterocycles. The summed E-state index contributed by atoms with van der Waals surface area (Å²) in [6, 6.07) is 0. The maximum Gasteiger partial charge on any atom is 0.335 e. The van der Waals surface area contributed by atoms with E-state index in [9.17, 15) is 4.79 Å². The standard InChI is InChI=1S/C10H20O6/c1-13-6-7-15-4-3-5-16-9(8-14-2)10(11)12/h9H,3-8H2,1-2H3,(H,11,12). The van der Waals surface area contributed by atoms with Crippen molar-refractivity contribution < 1.29 is 28.8 Å². The van der Waals surface area contributed by atoms with E-state index in [2.05, 4.69) is 0 Å². The van der Waals surface area contributed by atoms with E-state index in [1.807, 2.05) is 0 Å². The number of hydrogen-bond donors (Lipinski definition) is 1. The minimum absolute atomic E-state index is 0.0554. The van der Waals surface area contributed by atoms with Gasteiger partial charge in [0.25, 0.3) is 0 Å². The van der Waals surface area contributed by atoms with E-state index >= 15 is 0 Å². The molecule has 1 unspecified atom stereocenters. The van der Waals surface area contributed by atoms with Crippen molar-refractivity contribution in [3.63, 3.8) is 0 Å². The number of carboxylic acids is 1. The number of rotatable bonds is 11. The SMILES string of the molecule is COCCOCCCOC(COC)C(=O)O. The van der Waals surface area contributed by atoms with E-state index in [1.165, 1.54) is 7.11 Å². The summed E-state index contributed by atoms with van der Waals surface area (Å²) in [6.45, 7) is 2.02.